The van der Waals surface area contributed by atoms with E-state index in [2.05, 4.69) is 16.4 Å². The summed E-state index contributed by atoms with van der Waals surface area (Å²) in [6, 6.07) is 8.16. The average Bonchev–Trinajstić information content (AvgIpc) is 2.61. The second-order valence-electron chi connectivity index (χ2n) is 6.29. The van der Waals surface area contributed by atoms with Crippen molar-refractivity contribution in [3.63, 3.8) is 0 Å². The van der Waals surface area contributed by atoms with Gasteiger partial charge < -0.3 is 11.1 Å². The molecule has 1 aromatic carbocycles. The van der Waals surface area contributed by atoms with Gasteiger partial charge in [-0.2, -0.15) is 5.26 Å². The number of carbonyl (C=O) groups is 1. The number of nitrogens with two attached hydrogens (primary N) is 1. The fourth-order valence-electron chi connectivity index (χ4n) is 3.16. The lowest BCUT2D eigenvalue weighted by Gasteiger charge is -2.31. The van der Waals surface area contributed by atoms with Crippen LogP contribution in [0, 0.1) is 21.4 Å². The summed E-state index contributed by atoms with van der Waals surface area (Å²) in [5.41, 5.74) is 6.02. The number of rotatable bonds is 5. The number of anilines is 1. The number of fused-ring (bicyclic) bond motifs is 1. The van der Waals surface area contributed by atoms with E-state index >= 15 is 0 Å². The number of likely N-dealkylation sites (tertiary alicyclic amines) is 1. The molecule has 0 aliphatic carbocycles. The first-order valence-corrected chi connectivity index (χ1v) is 8.23. The van der Waals surface area contributed by atoms with Gasteiger partial charge in [0.1, 0.15) is 5.82 Å². The third-order valence-corrected chi connectivity index (χ3v) is 4.44. The van der Waals surface area contributed by atoms with Crippen LogP contribution in [0.15, 0.2) is 24.3 Å². The van der Waals surface area contributed by atoms with Gasteiger partial charge in [-0.05, 0) is 25.0 Å². The molecule has 0 unspecified atom stereocenters. The zero-order chi connectivity index (χ0) is 18.7. The molecule has 1 saturated heterocycles. The van der Waals surface area contributed by atoms with Crippen molar-refractivity contribution in [3.05, 3.63) is 39.9 Å². The highest BCUT2D eigenvalue weighted by Gasteiger charge is 2.21. The van der Waals surface area contributed by atoms with Crippen LogP contribution in [0.25, 0.3) is 10.9 Å². The number of pyridine rings is 1. The van der Waals surface area contributed by atoms with E-state index in [1.54, 1.807) is 12.1 Å². The number of hydrogen-bond donors (Lipinski definition) is 2. The molecule has 26 heavy (non-hydrogen) atoms. The number of non-ortho nitro benzene ring substituents is 1. The molecular formula is C17H18N6O3. The molecule has 0 saturated carbocycles. The highest BCUT2D eigenvalue weighted by atomic mass is 16.6. The summed E-state index contributed by atoms with van der Waals surface area (Å²) < 4.78 is 0. The molecule has 3 rings (SSSR count). The third-order valence-electron chi connectivity index (χ3n) is 4.44. The smallest absolute Gasteiger partial charge is 0.270 e. The number of nitrogens with one attached hydrogen (secondary N) is 1. The number of nitrogens with zero attached hydrogens (tertiary/aromatic N) is 4. The molecule has 1 aliphatic heterocycles. The number of hydrogen-bond acceptors (Lipinski definition) is 7. The largest absolute Gasteiger partial charge is 0.369 e. The van der Waals surface area contributed by atoms with Crippen LogP contribution in [0.3, 0.4) is 0 Å². The molecule has 3 N–H and O–H groups in total. The van der Waals surface area contributed by atoms with E-state index in [1.807, 2.05) is 4.90 Å². The molecule has 0 radical (unpaired) electrons. The van der Waals surface area contributed by atoms with E-state index in [-0.39, 0.29) is 24.2 Å². The average molecular weight is 354 g/mol. The number of nitro benzene ring substituents is 1. The summed E-state index contributed by atoms with van der Waals surface area (Å²) in [6.07, 6.45) is 1.66. The Kier molecular flexibility index (Phi) is 4.95. The van der Waals surface area contributed by atoms with Crippen LogP contribution >= 0.6 is 0 Å². The minimum Gasteiger partial charge on any atom is -0.369 e. The van der Waals surface area contributed by atoms with Crippen LogP contribution < -0.4 is 11.1 Å². The monoisotopic (exact) mass is 354 g/mol. The van der Waals surface area contributed by atoms with Gasteiger partial charge >= 0.3 is 0 Å². The van der Waals surface area contributed by atoms with Crippen LogP contribution in [0.4, 0.5) is 11.5 Å². The molecule has 0 bridgehead atoms. The maximum absolute atomic E-state index is 11.0. The summed E-state index contributed by atoms with van der Waals surface area (Å²) in [7, 11) is 0. The Bertz CT molecular complexity index is 899. The first kappa shape index (κ1) is 17.6. The second-order valence-corrected chi connectivity index (χ2v) is 6.29. The zero-order valence-corrected chi connectivity index (χ0v) is 14.0. The van der Waals surface area contributed by atoms with E-state index in [4.69, 9.17) is 5.73 Å². The first-order chi connectivity index (χ1) is 12.5. The second kappa shape index (κ2) is 7.33. The molecular weight excluding hydrogens is 336 g/mol. The van der Waals surface area contributed by atoms with Crippen LogP contribution in [0.1, 0.15) is 18.4 Å². The molecule has 1 fully saturated rings. The maximum Gasteiger partial charge on any atom is 0.270 e. The number of primary amides is 1. The van der Waals surface area contributed by atoms with E-state index in [0.29, 0.717) is 22.3 Å². The lowest BCUT2D eigenvalue weighted by Crippen LogP contribution is -2.43. The van der Waals surface area contributed by atoms with Crippen molar-refractivity contribution in [2.45, 2.75) is 18.9 Å². The zero-order valence-electron chi connectivity index (χ0n) is 14.0. The summed E-state index contributed by atoms with van der Waals surface area (Å²) in [6.45, 7) is 1.77. The van der Waals surface area contributed by atoms with Crippen molar-refractivity contribution in [1.82, 2.24) is 9.88 Å². The number of amides is 1. The van der Waals surface area contributed by atoms with Crippen LogP contribution in [-0.2, 0) is 4.79 Å². The Morgan fingerprint density at radius 3 is 2.77 bits per heavy atom. The normalized spacial score (nSPS) is 15.5. The Balaban J connectivity index is 1.77. The number of nitro groups is 1. The molecule has 1 aromatic heterocycles. The minimum absolute atomic E-state index is 0.0710. The van der Waals surface area contributed by atoms with Crippen molar-refractivity contribution in [1.29, 1.82) is 5.26 Å². The van der Waals surface area contributed by atoms with Gasteiger partial charge in [0.15, 0.2) is 0 Å². The van der Waals surface area contributed by atoms with Gasteiger partial charge in [0.2, 0.25) is 5.91 Å². The Labute approximate surface area is 149 Å². The Morgan fingerprint density at radius 1 is 1.42 bits per heavy atom. The molecule has 0 atom stereocenters. The van der Waals surface area contributed by atoms with Crippen molar-refractivity contribution >= 4 is 28.3 Å². The molecule has 2 aromatic rings. The van der Waals surface area contributed by atoms with Crippen molar-refractivity contribution in [2.75, 3.05) is 25.0 Å². The maximum atomic E-state index is 11.0. The van der Waals surface area contributed by atoms with E-state index in [0.717, 1.165) is 25.9 Å². The first-order valence-electron chi connectivity index (χ1n) is 8.23. The van der Waals surface area contributed by atoms with Gasteiger partial charge in [-0.25, -0.2) is 4.98 Å². The van der Waals surface area contributed by atoms with E-state index in [1.165, 1.54) is 12.1 Å². The summed E-state index contributed by atoms with van der Waals surface area (Å²) in [5, 5.41) is 24.1. The number of aromatic nitrogens is 1. The lowest BCUT2D eigenvalue weighted by molar-refractivity contribution is -0.384. The summed E-state index contributed by atoms with van der Waals surface area (Å²) in [5.74, 6) is 0.233. The standard InChI is InChI=1S/C17H18N6O3/c18-9-11-7-17(20-12-3-5-22(6-4-12)10-16(19)24)21-15-2-1-13(23(25)26)8-14(11)15/h1-2,7-8,12H,3-6,10H2,(H2,19,24)(H,20,21). The highest BCUT2D eigenvalue weighted by Crippen LogP contribution is 2.26. The molecule has 1 aliphatic rings. The van der Waals surface area contributed by atoms with Gasteiger partial charge in [-0.1, -0.05) is 0 Å². The van der Waals surface area contributed by atoms with Crippen LogP contribution in [0.2, 0.25) is 0 Å². The van der Waals surface area contributed by atoms with Gasteiger partial charge in [-0.3, -0.25) is 19.8 Å². The quantitative estimate of drug-likeness (QED) is 0.611. The number of piperidine rings is 1. The van der Waals surface area contributed by atoms with E-state index in [9.17, 15) is 20.2 Å². The predicted octanol–water partition coefficient (Wildman–Crippen LogP) is 1.38. The number of benzene rings is 1. The molecule has 9 nitrogen and oxygen atoms in total. The predicted molar refractivity (Wildman–Crippen MR) is 95.4 cm³/mol. The van der Waals surface area contributed by atoms with Gasteiger partial charge in [0, 0.05) is 36.7 Å². The molecule has 0 spiro atoms. The fourth-order valence-corrected chi connectivity index (χ4v) is 3.16. The third kappa shape index (κ3) is 3.87. The number of nitriles is 1. The molecule has 134 valence electrons. The number of carbonyl (C=O) groups excluding carboxylic acids is 1. The van der Waals surface area contributed by atoms with E-state index < -0.39 is 4.92 Å². The summed E-state index contributed by atoms with van der Waals surface area (Å²) >= 11 is 0. The highest BCUT2D eigenvalue weighted by molar-refractivity contribution is 5.88. The van der Waals surface area contributed by atoms with Gasteiger partial charge in [0.05, 0.1) is 28.6 Å². The molecule has 9 heteroatoms. The minimum atomic E-state index is -0.493. The SMILES string of the molecule is N#Cc1cc(NC2CCN(CC(N)=O)CC2)nc2ccc([N+](=O)[O-])cc12. The van der Waals surface area contributed by atoms with Crippen molar-refractivity contribution in [3.8, 4) is 6.07 Å². The fraction of sp³-hybridized carbons (Fsp3) is 0.353. The van der Waals surface area contributed by atoms with Gasteiger partial charge in [-0.15, -0.1) is 0 Å². The lowest BCUT2D eigenvalue weighted by atomic mass is 10.0. The Hall–Kier alpha value is -3.25. The van der Waals surface area contributed by atoms with Crippen molar-refractivity contribution < 1.29 is 9.72 Å². The topological polar surface area (TPSA) is 138 Å². The van der Waals surface area contributed by atoms with Gasteiger partial charge in [0.25, 0.3) is 5.69 Å². The molecule has 1 amide bonds. The Morgan fingerprint density at radius 2 is 2.15 bits per heavy atom. The molecule has 2 heterocycles. The van der Waals surface area contributed by atoms with Crippen LogP contribution in [0.5, 0.6) is 0 Å². The van der Waals surface area contributed by atoms with Crippen molar-refractivity contribution in [2.24, 2.45) is 5.73 Å². The van der Waals surface area contributed by atoms with Crippen LogP contribution in [-0.4, -0.2) is 46.4 Å². The summed E-state index contributed by atoms with van der Waals surface area (Å²) in [4.78, 5) is 27.9.